The molecule has 1 aliphatic rings. The normalized spacial score (nSPS) is 12.5. The number of amides is 3. The summed E-state index contributed by atoms with van der Waals surface area (Å²) in [5.41, 5.74) is -0.0516. The van der Waals surface area contributed by atoms with Crippen LogP contribution in [0.2, 0.25) is 0 Å². The zero-order valence-corrected chi connectivity index (χ0v) is 18.4. The molecule has 0 radical (unpaired) electrons. The third-order valence-corrected chi connectivity index (χ3v) is 5.54. The van der Waals surface area contributed by atoms with Gasteiger partial charge in [0.1, 0.15) is 6.54 Å². The van der Waals surface area contributed by atoms with E-state index in [0.717, 1.165) is 15.5 Å². The van der Waals surface area contributed by atoms with Crippen molar-refractivity contribution in [3.63, 3.8) is 0 Å². The van der Waals surface area contributed by atoms with E-state index in [1.54, 1.807) is 24.3 Å². The van der Waals surface area contributed by atoms with E-state index in [9.17, 15) is 29.3 Å². The Labute approximate surface area is 195 Å². The van der Waals surface area contributed by atoms with E-state index in [0.29, 0.717) is 5.01 Å². The number of carbonyl (C=O) groups is 4. The third kappa shape index (κ3) is 4.15. The van der Waals surface area contributed by atoms with Crippen LogP contribution < -0.4 is 0 Å². The van der Waals surface area contributed by atoms with Crippen molar-refractivity contribution in [1.82, 2.24) is 10.0 Å². The highest BCUT2D eigenvalue weighted by Crippen LogP contribution is 2.26. The number of carbonyl (C=O) groups excluding carboxylic acids is 4. The number of benzene rings is 3. The summed E-state index contributed by atoms with van der Waals surface area (Å²) in [5.74, 6) is -2.97. The average molecular weight is 508 g/mol. The second-order valence-corrected chi connectivity index (χ2v) is 7.98. The topological polar surface area (TPSA) is 118 Å². The lowest BCUT2D eigenvalue weighted by molar-refractivity contribution is -0.384. The Morgan fingerprint density at radius 1 is 0.879 bits per heavy atom. The largest absolute Gasteiger partial charge is 0.292 e. The fraction of sp³-hybridized carbons (Fsp3) is 0.0435. The highest BCUT2D eigenvalue weighted by atomic mass is 79.9. The molecular formula is C23H14BrN3O6. The zero-order valence-electron chi connectivity index (χ0n) is 16.8. The van der Waals surface area contributed by atoms with Gasteiger partial charge in [-0.2, -0.15) is 5.01 Å². The highest BCUT2D eigenvalue weighted by Gasteiger charge is 2.42. The number of hydrogen-bond acceptors (Lipinski definition) is 6. The Balaban J connectivity index is 1.75. The number of halogens is 1. The van der Waals surface area contributed by atoms with Crippen LogP contribution in [0.4, 0.5) is 5.69 Å². The molecule has 0 bridgehead atoms. The molecule has 0 saturated heterocycles. The van der Waals surface area contributed by atoms with E-state index in [1.807, 2.05) is 0 Å². The molecule has 0 atom stereocenters. The van der Waals surface area contributed by atoms with E-state index in [-0.39, 0.29) is 27.9 Å². The molecule has 0 N–H and O–H groups in total. The Morgan fingerprint density at radius 3 is 2.06 bits per heavy atom. The molecular weight excluding hydrogens is 494 g/mol. The number of nitro groups is 1. The molecule has 1 heterocycles. The second-order valence-electron chi connectivity index (χ2n) is 7.07. The van der Waals surface area contributed by atoms with Crippen LogP contribution in [0.15, 0.2) is 77.3 Å². The summed E-state index contributed by atoms with van der Waals surface area (Å²) >= 11 is 3.28. The Bertz CT molecular complexity index is 1290. The SMILES string of the molecule is O=C(CN(C(=O)c1cccc([N+](=O)[O-])c1)N1C(=O)c2ccccc2C1=O)c1ccc(Br)cc1. The molecule has 0 aliphatic carbocycles. The zero-order chi connectivity index (χ0) is 23.7. The van der Waals surface area contributed by atoms with Crippen LogP contribution in [-0.2, 0) is 0 Å². The van der Waals surface area contributed by atoms with Gasteiger partial charge in [0.05, 0.1) is 16.1 Å². The Kier molecular flexibility index (Phi) is 5.84. The number of rotatable bonds is 6. The number of hydrazine groups is 1. The summed E-state index contributed by atoms with van der Waals surface area (Å²) in [7, 11) is 0. The Morgan fingerprint density at radius 2 is 1.48 bits per heavy atom. The van der Waals surface area contributed by atoms with E-state index in [2.05, 4.69) is 15.9 Å². The predicted molar refractivity (Wildman–Crippen MR) is 120 cm³/mol. The number of imide groups is 1. The first-order valence-corrected chi connectivity index (χ1v) is 10.4. The molecule has 9 nitrogen and oxygen atoms in total. The monoisotopic (exact) mass is 507 g/mol. The minimum absolute atomic E-state index is 0.0930. The fourth-order valence-electron chi connectivity index (χ4n) is 3.39. The number of ketones is 1. The van der Waals surface area contributed by atoms with E-state index in [4.69, 9.17) is 0 Å². The molecule has 10 heteroatoms. The summed E-state index contributed by atoms with van der Waals surface area (Å²) in [6.07, 6.45) is 0. The number of nitro benzene ring substituents is 1. The Hall–Kier alpha value is -4.18. The van der Waals surface area contributed by atoms with Gasteiger partial charge in [0.15, 0.2) is 5.78 Å². The van der Waals surface area contributed by atoms with Crippen molar-refractivity contribution < 1.29 is 24.1 Å². The maximum Gasteiger partial charge on any atom is 0.280 e. The molecule has 3 aromatic rings. The summed E-state index contributed by atoms with van der Waals surface area (Å²) in [6, 6.07) is 17.2. The van der Waals surface area contributed by atoms with Gasteiger partial charge in [-0.25, -0.2) is 5.01 Å². The van der Waals surface area contributed by atoms with Crippen LogP contribution in [0.3, 0.4) is 0 Å². The van der Waals surface area contributed by atoms with Crippen molar-refractivity contribution in [2.45, 2.75) is 0 Å². The standard InChI is InChI=1S/C23H14BrN3O6/c24-16-10-8-14(9-11-16)20(28)13-25(21(29)15-4-3-5-17(12-15)27(32)33)26-22(30)18-6-1-2-7-19(18)23(26)31/h1-12H,13H2. The maximum atomic E-state index is 13.4. The van der Waals surface area contributed by atoms with Gasteiger partial charge < -0.3 is 0 Å². The first-order chi connectivity index (χ1) is 15.8. The molecule has 0 spiro atoms. The van der Waals surface area contributed by atoms with Crippen molar-refractivity contribution in [3.8, 4) is 0 Å². The van der Waals surface area contributed by atoms with Crippen LogP contribution in [0, 0.1) is 10.1 Å². The summed E-state index contributed by atoms with van der Waals surface area (Å²) in [5, 5.41) is 12.5. The smallest absolute Gasteiger partial charge is 0.280 e. The quantitative estimate of drug-likeness (QED) is 0.216. The molecule has 0 unspecified atom stereocenters. The number of fused-ring (bicyclic) bond motifs is 1. The van der Waals surface area contributed by atoms with Crippen molar-refractivity contribution in [1.29, 1.82) is 0 Å². The van der Waals surface area contributed by atoms with Gasteiger partial charge in [-0.1, -0.05) is 46.3 Å². The predicted octanol–water partition coefficient (Wildman–Crippen LogP) is 3.89. The van der Waals surface area contributed by atoms with Crippen molar-refractivity contribution in [2.75, 3.05) is 6.54 Å². The molecule has 0 aromatic heterocycles. The van der Waals surface area contributed by atoms with E-state index >= 15 is 0 Å². The highest BCUT2D eigenvalue weighted by molar-refractivity contribution is 9.10. The lowest BCUT2D eigenvalue weighted by atomic mass is 10.1. The molecule has 0 fully saturated rings. The minimum Gasteiger partial charge on any atom is -0.292 e. The van der Waals surface area contributed by atoms with Gasteiger partial charge >= 0.3 is 0 Å². The summed E-state index contributed by atoms with van der Waals surface area (Å²) in [4.78, 5) is 62.8. The van der Waals surface area contributed by atoms with Gasteiger partial charge in [0.2, 0.25) is 0 Å². The first-order valence-electron chi connectivity index (χ1n) is 9.60. The summed E-state index contributed by atoms with van der Waals surface area (Å²) < 4.78 is 0.740. The van der Waals surface area contributed by atoms with E-state index in [1.165, 1.54) is 42.5 Å². The molecule has 33 heavy (non-hydrogen) atoms. The third-order valence-electron chi connectivity index (χ3n) is 5.01. The number of non-ortho nitro benzene ring substituents is 1. The van der Waals surface area contributed by atoms with Gasteiger partial charge in [-0.05, 0) is 30.3 Å². The van der Waals surface area contributed by atoms with Gasteiger partial charge in [0.25, 0.3) is 23.4 Å². The van der Waals surface area contributed by atoms with Crippen LogP contribution >= 0.6 is 15.9 Å². The molecule has 3 amide bonds. The van der Waals surface area contributed by atoms with Gasteiger partial charge in [0, 0.05) is 27.7 Å². The van der Waals surface area contributed by atoms with Crippen molar-refractivity contribution >= 4 is 45.1 Å². The van der Waals surface area contributed by atoms with Crippen LogP contribution in [0.1, 0.15) is 41.4 Å². The van der Waals surface area contributed by atoms with Crippen LogP contribution in [0.25, 0.3) is 0 Å². The van der Waals surface area contributed by atoms with Gasteiger partial charge in [-0.3, -0.25) is 29.3 Å². The average Bonchev–Trinajstić information content (AvgIpc) is 3.07. The van der Waals surface area contributed by atoms with Crippen molar-refractivity contribution in [2.24, 2.45) is 0 Å². The number of hydrogen-bond donors (Lipinski definition) is 0. The van der Waals surface area contributed by atoms with Crippen molar-refractivity contribution in [3.05, 3.63) is 110 Å². The lowest BCUT2D eigenvalue weighted by Crippen LogP contribution is -2.51. The summed E-state index contributed by atoms with van der Waals surface area (Å²) in [6.45, 7) is -0.630. The molecule has 3 aromatic carbocycles. The number of Topliss-reactive ketones (excluding diaryl/α,β-unsaturated/α-hetero) is 1. The second kappa shape index (κ2) is 8.75. The number of nitrogens with zero attached hydrogens (tertiary/aromatic N) is 3. The molecule has 4 rings (SSSR count). The molecule has 1 aliphatic heterocycles. The maximum absolute atomic E-state index is 13.4. The molecule has 0 saturated carbocycles. The van der Waals surface area contributed by atoms with E-state index < -0.39 is 35.0 Å². The minimum atomic E-state index is -0.904. The molecule has 164 valence electrons. The lowest BCUT2D eigenvalue weighted by Gasteiger charge is -2.29. The van der Waals surface area contributed by atoms with Crippen LogP contribution in [0.5, 0.6) is 0 Å². The van der Waals surface area contributed by atoms with Gasteiger partial charge in [-0.15, -0.1) is 0 Å². The van der Waals surface area contributed by atoms with Crippen LogP contribution in [-0.4, -0.2) is 45.0 Å². The fourth-order valence-corrected chi connectivity index (χ4v) is 3.66. The first kappa shape index (κ1) is 22.0.